The quantitative estimate of drug-likeness (QED) is 0.694. The maximum absolute atomic E-state index is 3.29. The molecule has 0 amide bonds. The van der Waals surface area contributed by atoms with E-state index in [9.17, 15) is 0 Å². The van der Waals surface area contributed by atoms with Crippen LogP contribution in [0.5, 0.6) is 0 Å². The van der Waals surface area contributed by atoms with E-state index < -0.39 is 0 Å². The summed E-state index contributed by atoms with van der Waals surface area (Å²) in [5.41, 5.74) is 2.49. The van der Waals surface area contributed by atoms with Gasteiger partial charge in [-0.05, 0) is 0 Å². The highest BCUT2D eigenvalue weighted by atomic mass is 15.1. The molecular formula is C12H15N2+. The largest absolute Gasteiger partial charge is 0.254 e. The van der Waals surface area contributed by atoms with Crippen LogP contribution in [0.3, 0.4) is 0 Å². The van der Waals surface area contributed by atoms with E-state index in [0.717, 1.165) is 6.42 Å². The van der Waals surface area contributed by atoms with Crippen LogP contribution in [0.25, 0.3) is 11.3 Å². The zero-order chi connectivity index (χ0) is 9.97. The molecule has 0 saturated carbocycles. The molecule has 2 rings (SSSR count). The van der Waals surface area contributed by atoms with Gasteiger partial charge in [0.15, 0.2) is 5.69 Å². The molecule has 2 nitrogen and oxygen atoms in total. The van der Waals surface area contributed by atoms with Crippen LogP contribution in [0.1, 0.15) is 12.7 Å². The Labute approximate surface area is 84.2 Å². The number of nitrogens with zero attached hydrogens (tertiary/aromatic N) is 1. The molecule has 0 atom stereocenters. The van der Waals surface area contributed by atoms with E-state index in [-0.39, 0.29) is 0 Å². The molecule has 0 bridgehead atoms. The third kappa shape index (κ3) is 1.43. The molecular weight excluding hydrogens is 172 g/mol. The Bertz CT molecular complexity index is 415. The summed E-state index contributed by atoms with van der Waals surface area (Å²) in [7, 11) is 2.09. The predicted molar refractivity (Wildman–Crippen MR) is 56.8 cm³/mol. The van der Waals surface area contributed by atoms with Crippen LogP contribution in [0, 0.1) is 0 Å². The van der Waals surface area contributed by atoms with Crippen LogP contribution in [-0.2, 0) is 13.5 Å². The van der Waals surface area contributed by atoms with Gasteiger partial charge in [0.2, 0.25) is 0 Å². The normalized spacial score (nSPS) is 10.4. The van der Waals surface area contributed by atoms with Crippen molar-refractivity contribution in [1.29, 1.82) is 0 Å². The van der Waals surface area contributed by atoms with Gasteiger partial charge in [-0.3, -0.25) is 0 Å². The van der Waals surface area contributed by atoms with Crippen LogP contribution < -0.4 is 4.57 Å². The van der Waals surface area contributed by atoms with E-state index in [1.807, 2.05) is 6.07 Å². The molecule has 0 aliphatic rings. The third-order valence-corrected chi connectivity index (χ3v) is 2.55. The van der Waals surface area contributed by atoms with Crippen molar-refractivity contribution in [2.75, 3.05) is 0 Å². The van der Waals surface area contributed by atoms with Gasteiger partial charge < -0.3 is 0 Å². The molecule has 0 saturated heterocycles. The van der Waals surface area contributed by atoms with Crippen molar-refractivity contribution in [3.63, 3.8) is 0 Å². The minimum absolute atomic E-state index is 1.03. The predicted octanol–water partition coefficient (Wildman–Crippen LogP) is 2.07. The topological polar surface area (TPSA) is 19.7 Å². The fourth-order valence-corrected chi connectivity index (χ4v) is 1.72. The smallest absolute Gasteiger partial charge is 0.247 e. The molecule has 0 radical (unpaired) electrons. The van der Waals surface area contributed by atoms with E-state index in [4.69, 9.17) is 0 Å². The summed E-state index contributed by atoms with van der Waals surface area (Å²) < 4.78 is 2.20. The van der Waals surface area contributed by atoms with Gasteiger partial charge in [-0.15, -0.1) is 0 Å². The fraction of sp³-hybridized carbons (Fsp3) is 0.250. The van der Waals surface area contributed by atoms with Crippen molar-refractivity contribution in [3.8, 4) is 11.3 Å². The number of hydrogen-bond acceptors (Lipinski definition) is 0. The van der Waals surface area contributed by atoms with Crippen LogP contribution in [0.15, 0.2) is 36.5 Å². The lowest BCUT2D eigenvalue weighted by atomic mass is 10.2. The number of hydrogen-bond donors (Lipinski definition) is 1. The Kier molecular flexibility index (Phi) is 2.35. The van der Waals surface area contributed by atoms with Crippen molar-refractivity contribution in [1.82, 2.24) is 4.98 Å². The Balaban J connectivity index is 2.48. The molecule has 2 heteroatoms. The summed E-state index contributed by atoms with van der Waals surface area (Å²) >= 11 is 0. The molecule has 1 heterocycles. The molecule has 1 N–H and O–H groups in total. The van der Waals surface area contributed by atoms with Crippen molar-refractivity contribution in [2.24, 2.45) is 7.05 Å². The van der Waals surface area contributed by atoms with Gasteiger partial charge in [-0.1, -0.05) is 37.3 Å². The minimum Gasteiger partial charge on any atom is -0.247 e. The highest BCUT2D eigenvalue weighted by molar-refractivity contribution is 5.54. The molecule has 1 aromatic carbocycles. The van der Waals surface area contributed by atoms with Crippen LogP contribution in [0.2, 0.25) is 0 Å². The molecule has 0 unspecified atom stereocenters. The monoisotopic (exact) mass is 187 g/mol. The van der Waals surface area contributed by atoms with Crippen LogP contribution >= 0.6 is 0 Å². The fourth-order valence-electron chi connectivity index (χ4n) is 1.72. The molecule has 2 aromatic rings. The highest BCUT2D eigenvalue weighted by Crippen LogP contribution is 2.14. The van der Waals surface area contributed by atoms with E-state index in [0.29, 0.717) is 0 Å². The zero-order valence-corrected chi connectivity index (χ0v) is 8.62. The van der Waals surface area contributed by atoms with Crippen molar-refractivity contribution in [3.05, 3.63) is 42.4 Å². The molecule has 0 spiro atoms. The van der Waals surface area contributed by atoms with Crippen molar-refractivity contribution < 1.29 is 4.57 Å². The lowest BCUT2D eigenvalue weighted by molar-refractivity contribution is -0.667. The maximum atomic E-state index is 3.29. The van der Waals surface area contributed by atoms with Gasteiger partial charge in [0, 0.05) is 12.0 Å². The summed E-state index contributed by atoms with van der Waals surface area (Å²) in [5, 5.41) is 0. The third-order valence-electron chi connectivity index (χ3n) is 2.55. The first kappa shape index (κ1) is 9.00. The first-order valence-electron chi connectivity index (χ1n) is 4.94. The first-order valence-corrected chi connectivity index (χ1v) is 4.94. The molecule has 0 aliphatic heterocycles. The van der Waals surface area contributed by atoms with Crippen molar-refractivity contribution >= 4 is 0 Å². The number of aromatic nitrogens is 2. The first-order chi connectivity index (χ1) is 6.83. The van der Waals surface area contributed by atoms with Gasteiger partial charge >= 0.3 is 0 Å². The number of aryl methyl sites for hydroxylation is 1. The highest BCUT2D eigenvalue weighted by Gasteiger charge is 2.13. The summed E-state index contributed by atoms with van der Waals surface area (Å²) in [6.07, 6.45) is 3.09. The van der Waals surface area contributed by atoms with Crippen LogP contribution in [0.4, 0.5) is 0 Å². The standard InChI is InChI=1S/C12H14N2/c1-3-12-13-9-11(14(12)2)10-7-5-4-6-8-10/h4-9H,3H2,1-2H3/p+1. The number of nitrogens with one attached hydrogen (secondary N) is 1. The lowest BCUT2D eigenvalue weighted by Gasteiger charge is -1.96. The Morgan fingerprint density at radius 2 is 1.93 bits per heavy atom. The number of H-pyrrole nitrogens is 1. The molecule has 0 aliphatic carbocycles. The second-order valence-electron chi connectivity index (χ2n) is 3.40. The Morgan fingerprint density at radius 1 is 1.21 bits per heavy atom. The van der Waals surface area contributed by atoms with E-state index in [2.05, 4.69) is 54.0 Å². The van der Waals surface area contributed by atoms with Gasteiger partial charge in [-0.2, -0.15) is 0 Å². The van der Waals surface area contributed by atoms with Gasteiger partial charge in [0.05, 0.1) is 7.05 Å². The average Bonchev–Trinajstić information content (AvgIpc) is 2.61. The summed E-state index contributed by atoms with van der Waals surface area (Å²) in [6, 6.07) is 10.4. The summed E-state index contributed by atoms with van der Waals surface area (Å²) in [4.78, 5) is 3.29. The molecule has 1 aromatic heterocycles. The Hall–Kier alpha value is -1.57. The SMILES string of the molecule is CCc1[nH]cc(-c2ccccc2)[n+]1C. The minimum atomic E-state index is 1.03. The number of benzene rings is 1. The maximum Gasteiger partial charge on any atom is 0.254 e. The Morgan fingerprint density at radius 3 is 2.50 bits per heavy atom. The summed E-state index contributed by atoms with van der Waals surface area (Å²) in [5.74, 6) is 1.25. The van der Waals surface area contributed by atoms with E-state index in [1.165, 1.54) is 17.1 Å². The number of aromatic amines is 1. The molecule has 72 valence electrons. The van der Waals surface area contributed by atoms with Gasteiger partial charge in [0.1, 0.15) is 6.20 Å². The second-order valence-corrected chi connectivity index (χ2v) is 3.40. The second kappa shape index (κ2) is 3.66. The van der Waals surface area contributed by atoms with Crippen molar-refractivity contribution in [2.45, 2.75) is 13.3 Å². The van der Waals surface area contributed by atoms with Gasteiger partial charge in [-0.25, -0.2) is 9.55 Å². The number of imidazole rings is 1. The zero-order valence-electron chi connectivity index (χ0n) is 8.62. The van der Waals surface area contributed by atoms with E-state index >= 15 is 0 Å². The van der Waals surface area contributed by atoms with Gasteiger partial charge in [0.25, 0.3) is 5.82 Å². The van der Waals surface area contributed by atoms with Crippen LogP contribution in [-0.4, -0.2) is 4.98 Å². The lowest BCUT2D eigenvalue weighted by Crippen LogP contribution is -2.33. The average molecular weight is 187 g/mol. The molecule has 0 fully saturated rings. The number of rotatable bonds is 2. The molecule has 14 heavy (non-hydrogen) atoms. The van der Waals surface area contributed by atoms with E-state index in [1.54, 1.807) is 0 Å². The summed E-state index contributed by atoms with van der Waals surface area (Å²) in [6.45, 7) is 2.15.